The Labute approximate surface area is 120 Å². The van der Waals surface area contributed by atoms with Crippen molar-refractivity contribution in [3.05, 3.63) is 27.7 Å². The molecule has 0 bridgehead atoms. The monoisotopic (exact) mass is 285 g/mol. The molecule has 0 aliphatic heterocycles. The minimum Gasteiger partial charge on any atom is -0.381 e. The molecular formula is C15H21Cl2N. The molecule has 0 heterocycles. The lowest BCUT2D eigenvalue weighted by molar-refractivity contribution is 0.232. The fraction of sp³-hybridized carbons (Fsp3) is 0.600. The van der Waals surface area contributed by atoms with Crippen molar-refractivity contribution in [3.8, 4) is 0 Å². The van der Waals surface area contributed by atoms with E-state index in [0.29, 0.717) is 11.5 Å². The predicted octanol–water partition coefficient (Wildman–Crippen LogP) is 5.68. The molecule has 0 aromatic heterocycles. The number of nitrogens with one attached hydrogen (secondary N) is 1. The van der Waals surface area contributed by atoms with Gasteiger partial charge < -0.3 is 5.32 Å². The number of hydrogen-bond acceptors (Lipinski definition) is 1. The van der Waals surface area contributed by atoms with Gasteiger partial charge in [0.25, 0.3) is 0 Å². The molecule has 1 fully saturated rings. The van der Waals surface area contributed by atoms with Gasteiger partial charge in [-0.1, -0.05) is 37.0 Å². The Balaban J connectivity index is 2.04. The van der Waals surface area contributed by atoms with Crippen LogP contribution in [0.3, 0.4) is 0 Å². The Morgan fingerprint density at radius 1 is 1.11 bits per heavy atom. The maximum absolute atomic E-state index is 6.26. The van der Waals surface area contributed by atoms with Crippen LogP contribution in [-0.4, -0.2) is 6.04 Å². The molecule has 2 rings (SSSR count). The fourth-order valence-electron chi connectivity index (χ4n) is 2.52. The summed E-state index contributed by atoms with van der Waals surface area (Å²) in [7, 11) is 0. The summed E-state index contributed by atoms with van der Waals surface area (Å²) in [6.45, 7) is 6.67. The van der Waals surface area contributed by atoms with Crippen molar-refractivity contribution in [1.82, 2.24) is 0 Å². The van der Waals surface area contributed by atoms with Crippen LogP contribution >= 0.6 is 23.2 Å². The summed E-state index contributed by atoms with van der Waals surface area (Å²) in [4.78, 5) is 0. The number of rotatable bonds is 2. The summed E-state index contributed by atoms with van der Waals surface area (Å²) in [6, 6.07) is 4.40. The number of anilines is 1. The number of aryl methyl sites for hydroxylation is 1. The van der Waals surface area contributed by atoms with Gasteiger partial charge in [0.2, 0.25) is 0 Å². The Bertz CT molecular complexity index is 430. The number of halogens is 2. The van der Waals surface area contributed by atoms with Crippen molar-refractivity contribution < 1.29 is 0 Å². The van der Waals surface area contributed by atoms with E-state index in [1.165, 1.54) is 25.7 Å². The second kappa shape index (κ2) is 5.30. The Hall–Kier alpha value is -0.400. The van der Waals surface area contributed by atoms with Gasteiger partial charge in [-0.3, -0.25) is 0 Å². The molecule has 100 valence electrons. The number of benzene rings is 1. The molecule has 1 aromatic rings. The van der Waals surface area contributed by atoms with Gasteiger partial charge in [-0.05, 0) is 55.7 Å². The lowest BCUT2D eigenvalue weighted by Gasteiger charge is -2.35. The molecule has 0 amide bonds. The second-order valence-corrected chi connectivity index (χ2v) is 6.98. The highest BCUT2D eigenvalue weighted by atomic mass is 35.5. The molecule has 3 heteroatoms. The van der Waals surface area contributed by atoms with Gasteiger partial charge in [-0.2, -0.15) is 0 Å². The van der Waals surface area contributed by atoms with Gasteiger partial charge >= 0.3 is 0 Å². The van der Waals surface area contributed by atoms with E-state index in [4.69, 9.17) is 23.2 Å². The molecule has 1 nitrogen and oxygen atoms in total. The molecule has 0 radical (unpaired) electrons. The van der Waals surface area contributed by atoms with E-state index in [9.17, 15) is 0 Å². The topological polar surface area (TPSA) is 12.0 Å². The minimum absolute atomic E-state index is 0.493. The van der Waals surface area contributed by atoms with Crippen molar-refractivity contribution in [3.63, 3.8) is 0 Å². The smallest absolute Gasteiger partial charge is 0.0641 e. The van der Waals surface area contributed by atoms with E-state index in [1.807, 2.05) is 19.1 Å². The average molecular weight is 286 g/mol. The van der Waals surface area contributed by atoms with Gasteiger partial charge in [0, 0.05) is 11.1 Å². The SMILES string of the molecule is Cc1cc(Cl)c(NC2CCC(C)(C)CC2)cc1Cl. The van der Waals surface area contributed by atoms with Crippen LogP contribution in [0.4, 0.5) is 5.69 Å². The molecule has 1 aliphatic rings. The van der Waals surface area contributed by atoms with Crippen LogP contribution in [0.1, 0.15) is 45.1 Å². The Morgan fingerprint density at radius 3 is 2.33 bits per heavy atom. The third kappa shape index (κ3) is 3.33. The molecular weight excluding hydrogens is 265 g/mol. The standard InChI is InChI=1S/C15H21Cl2N/c1-10-8-13(17)14(9-12(10)16)18-11-4-6-15(2,3)7-5-11/h8-9,11,18H,4-7H2,1-3H3. The summed E-state index contributed by atoms with van der Waals surface area (Å²) in [5.41, 5.74) is 2.49. The highest BCUT2D eigenvalue weighted by molar-refractivity contribution is 6.35. The van der Waals surface area contributed by atoms with Crippen molar-refractivity contribution in [2.75, 3.05) is 5.32 Å². The fourth-order valence-corrected chi connectivity index (χ4v) is 2.96. The van der Waals surface area contributed by atoms with Crippen molar-refractivity contribution in [2.24, 2.45) is 5.41 Å². The summed E-state index contributed by atoms with van der Waals surface area (Å²) < 4.78 is 0. The Kier molecular flexibility index (Phi) is 4.13. The summed E-state index contributed by atoms with van der Waals surface area (Å²) in [5.74, 6) is 0. The zero-order valence-corrected chi connectivity index (χ0v) is 12.8. The van der Waals surface area contributed by atoms with E-state index in [-0.39, 0.29) is 0 Å². The molecule has 1 aliphatic carbocycles. The van der Waals surface area contributed by atoms with Crippen LogP contribution < -0.4 is 5.32 Å². The predicted molar refractivity (Wildman–Crippen MR) is 80.9 cm³/mol. The van der Waals surface area contributed by atoms with E-state index in [1.54, 1.807) is 0 Å². The van der Waals surface area contributed by atoms with E-state index >= 15 is 0 Å². The Morgan fingerprint density at radius 2 is 1.72 bits per heavy atom. The third-order valence-electron chi connectivity index (χ3n) is 3.95. The van der Waals surface area contributed by atoms with Crippen LogP contribution in [0.15, 0.2) is 12.1 Å². The van der Waals surface area contributed by atoms with Crippen LogP contribution in [-0.2, 0) is 0 Å². The van der Waals surface area contributed by atoms with Crippen LogP contribution in [0.5, 0.6) is 0 Å². The molecule has 1 aromatic carbocycles. The molecule has 18 heavy (non-hydrogen) atoms. The molecule has 0 spiro atoms. The first kappa shape index (κ1) is 14.0. The van der Waals surface area contributed by atoms with Crippen LogP contribution in [0, 0.1) is 12.3 Å². The zero-order chi connectivity index (χ0) is 13.3. The normalized spacial score (nSPS) is 19.8. The first-order valence-corrected chi connectivity index (χ1v) is 7.35. The highest BCUT2D eigenvalue weighted by Gasteiger charge is 2.26. The van der Waals surface area contributed by atoms with Gasteiger partial charge in [0.1, 0.15) is 0 Å². The number of hydrogen-bond donors (Lipinski definition) is 1. The lowest BCUT2D eigenvalue weighted by Crippen LogP contribution is -2.29. The minimum atomic E-state index is 0.493. The second-order valence-electron chi connectivity index (χ2n) is 6.16. The molecule has 1 saturated carbocycles. The highest BCUT2D eigenvalue weighted by Crippen LogP contribution is 2.37. The summed E-state index contributed by atoms with van der Waals surface area (Å²) >= 11 is 12.4. The largest absolute Gasteiger partial charge is 0.381 e. The third-order valence-corrected chi connectivity index (χ3v) is 4.67. The van der Waals surface area contributed by atoms with Gasteiger partial charge in [0.05, 0.1) is 10.7 Å². The molecule has 1 N–H and O–H groups in total. The van der Waals surface area contributed by atoms with Gasteiger partial charge in [-0.15, -0.1) is 0 Å². The van der Waals surface area contributed by atoms with E-state index in [0.717, 1.165) is 21.3 Å². The maximum atomic E-state index is 6.26. The maximum Gasteiger partial charge on any atom is 0.0641 e. The zero-order valence-electron chi connectivity index (χ0n) is 11.3. The van der Waals surface area contributed by atoms with Gasteiger partial charge in [0.15, 0.2) is 0 Å². The van der Waals surface area contributed by atoms with E-state index < -0.39 is 0 Å². The van der Waals surface area contributed by atoms with Crippen LogP contribution in [0.25, 0.3) is 0 Å². The van der Waals surface area contributed by atoms with Crippen LogP contribution in [0.2, 0.25) is 10.0 Å². The summed E-state index contributed by atoms with van der Waals surface area (Å²) in [6.07, 6.45) is 4.94. The van der Waals surface area contributed by atoms with Crippen molar-refractivity contribution in [2.45, 2.75) is 52.5 Å². The summed E-state index contributed by atoms with van der Waals surface area (Å²) in [5, 5.41) is 5.08. The molecule has 0 atom stereocenters. The quantitative estimate of drug-likeness (QED) is 0.737. The van der Waals surface area contributed by atoms with Crippen molar-refractivity contribution in [1.29, 1.82) is 0 Å². The lowest BCUT2D eigenvalue weighted by atomic mass is 9.75. The van der Waals surface area contributed by atoms with Gasteiger partial charge in [-0.25, -0.2) is 0 Å². The van der Waals surface area contributed by atoms with E-state index in [2.05, 4.69) is 19.2 Å². The first-order valence-electron chi connectivity index (χ1n) is 6.59. The average Bonchev–Trinajstić information content (AvgIpc) is 2.28. The molecule has 0 saturated heterocycles. The first-order chi connectivity index (χ1) is 8.37. The molecule has 0 unspecified atom stereocenters. The van der Waals surface area contributed by atoms with Crippen molar-refractivity contribution >= 4 is 28.9 Å².